The van der Waals surface area contributed by atoms with Crippen molar-refractivity contribution in [3.63, 3.8) is 0 Å². The van der Waals surface area contributed by atoms with Crippen molar-refractivity contribution in [2.24, 2.45) is 5.92 Å². The van der Waals surface area contributed by atoms with Gasteiger partial charge in [0, 0.05) is 12.0 Å². The van der Waals surface area contributed by atoms with Crippen LogP contribution in [0.3, 0.4) is 0 Å². The molecule has 0 radical (unpaired) electrons. The largest absolute Gasteiger partial charge is 0.313 e. The minimum absolute atomic E-state index is 0.683. The molecule has 0 aromatic heterocycles. The first-order chi connectivity index (χ1) is 8.20. The van der Waals surface area contributed by atoms with Gasteiger partial charge in [-0.05, 0) is 42.9 Å². The maximum absolute atomic E-state index is 3.67. The van der Waals surface area contributed by atoms with Crippen LogP contribution in [0.4, 0.5) is 0 Å². The number of benzene rings is 1. The summed E-state index contributed by atoms with van der Waals surface area (Å²) in [6.45, 7) is 8.03. The molecule has 2 atom stereocenters. The van der Waals surface area contributed by atoms with E-state index in [0.29, 0.717) is 6.04 Å². The molecule has 0 saturated carbocycles. The van der Waals surface area contributed by atoms with Crippen molar-refractivity contribution in [2.75, 3.05) is 6.54 Å². The van der Waals surface area contributed by atoms with E-state index in [2.05, 4.69) is 50.4 Å². The summed E-state index contributed by atoms with van der Waals surface area (Å²) in [5, 5.41) is 3.67. The van der Waals surface area contributed by atoms with E-state index >= 15 is 0 Å². The molecule has 0 spiro atoms. The maximum atomic E-state index is 3.67. The van der Waals surface area contributed by atoms with Crippen molar-refractivity contribution in [2.45, 2.75) is 52.0 Å². The van der Waals surface area contributed by atoms with Gasteiger partial charge in [0.2, 0.25) is 0 Å². The van der Waals surface area contributed by atoms with E-state index < -0.39 is 0 Å². The normalized spacial score (nSPS) is 24.5. The molecule has 1 heteroatoms. The molecule has 1 fully saturated rings. The molecule has 1 saturated heterocycles. The predicted octanol–water partition coefficient (Wildman–Crippen LogP) is 3.74. The molecule has 2 unspecified atom stereocenters. The van der Waals surface area contributed by atoms with Gasteiger partial charge in [-0.15, -0.1) is 0 Å². The molecule has 1 nitrogen and oxygen atoms in total. The molecule has 1 aliphatic heterocycles. The van der Waals surface area contributed by atoms with Crippen LogP contribution in [0.25, 0.3) is 0 Å². The lowest BCUT2D eigenvalue weighted by Gasteiger charge is -2.22. The minimum atomic E-state index is 0.683. The second-order valence-electron chi connectivity index (χ2n) is 5.68. The maximum Gasteiger partial charge on any atom is 0.0139 e. The zero-order chi connectivity index (χ0) is 12.3. The summed E-state index contributed by atoms with van der Waals surface area (Å²) in [7, 11) is 0. The molecule has 17 heavy (non-hydrogen) atoms. The summed E-state index contributed by atoms with van der Waals surface area (Å²) in [4.78, 5) is 0. The van der Waals surface area contributed by atoms with Gasteiger partial charge in [0.1, 0.15) is 0 Å². The van der Waals surface area contributed by atoms with Crippen LogP contribution in [0.2, 0.25) is 0 Å². The standard InChI is InChI=1S/C16H25N/c1-4-13-5-7-14(8-6-13)15-9-10-17-16(15)11-12(2)3/h5-8,12,15-17H,4,9-11H2,1-3H3. The van der Waals surface area contributed by atoms with E-state index in [1.54, 1.807) is 0 Å². The fraction of sp³-hybridized carbons (Fsp3) is 0.625. The lowest BCUT2D eigenvalue weighted by atomic mass is 9.87. The van der Waals surface area contributed by atoms with Crippen LogP contribution in [0.5, 0.6) is 0 Å². The van der Waals surface area contributed by atoms with Crippen molar-refractivity contribution in [3.05, 3.63) is 35.4 Å². The Morgan fingerprint density at radius 3 is 2.53 bits per heavy atom. The Labute approximate surface area is 106 Å². The molecule has 0 aliphatic carbocycles. The molecule has 1 aromatic rings. The molecule has 0 amide bonds. The molecule has 1 N–H and O–H groups in total. The van der Waals surface area contributed by atoms with Gasteiger partial charge >= 0.3 is 0 Å². The zero-order valence-corrected chi connectivity index (χ0v) is 11.4. The average Bonchev–Trinajstić information content (AvgIpc) is 2.76. The van der Waals surface area contributed by atoms with Crippen molar-refractivity contribution < 1.29 is 0 Å². The van der Waals surface area contributed by atoms with Gasteiger partial charge in [-0.1, -0.05) is 45.0 Å². The molecule has 1 aromatic carbocycles. The van der Waals surface area contributed by atoms with E-state index in [4.69, 9.17) is 0 Å². The minimum Gasteiger partial charge on any atom is -0.313 e. The summed E-state index contributed by atoms with van der Waals surface area (Å²) in [6, 6.07) is 9.94. The van der Waals surface area contributed by atoms with E-state index in [1.165, 1.54) is 30.5 Å². The topological polar surface area (TPSA) is 12.0 Å². The Bertz CT molecular complexity index is 339. The van der Waals surface area contributed by atoms with E-state index in [9.17, 15) is 0 Å². The molecular formula is C16H25N. The highest BCUT2D eigenvalue weighted by atomic mass is 14.9. The highest BCUT2D eigenvalue weighted by Crippen LogP contribution is 2.31. The van der Waals surface area contributed by atoms with E-state index in [1.807, 2.05) is 0 Å². The van der Waals surface area contributed by atoms with Gasteiger partial charge in [0.15, 0.2) is 0 Å². The third-order valence-corrected chi connectivity index (χ3v) is 3.89. The smallest absolute Gasteiger partial charge is 0.0139 e. The summed E-state index contributed by atoms with van der Waals surface area (Å²) in [5.74, 6) is 1.51. The third kappa shape index (κ3) is 3.10. The quantitative estimate of drug-likeness (QED) is 0.832. The van der Waals surface area contributed by atoms with Crippen molar-refractivity contribution in [1.82, 2.24) is 5.32 Å². The molecule has 0 bridgehead atoms. The fourth-order valence-electron chi connectivity index (χ4n) is 2.92. The summed E-state index contributed by atoms with van der Waals surface area (Å²) in [6.07, 6.45) is 3.72. The van der Waals surface area contributed by atoms with Gasteiger partial charge in [0.25, 0.3) is 0 Å². The fourth-order valence-corrected chi connectivity index (χ4v) is 2.92. The third-order valence-electron chi connectivity index (χ3n) is 3.89. The van der Waals surface area contributed by atoms with Crippen LogP contribution in [0.1, 0.15) is 50.7 Å². The van der Waals surface area contributed by atoms with Gasteiger partial charge in [0.05, 0.1) is 0 Å². The first kappa shape index (κ1) is 12.6. The first-order valence-electron chi connectivity index (χ1n) is 7.03. The van der Waals surface area contributed by atoms with E-state index in [-0.39, 0.29) is 0 Å². The van der Waals surface area contributed by atoms with Crippen LogP contribution in [0, 0.1) is 5.92 Å². The Kier molecular flexibility index (Phi) is 4.22. The first-order valence-corrected chi connectivity index (χ1v) is 7.03. The van der Waals surface area contributed by atoms with Gasteiger partial charge in [-0.25, -0.2) is 0 Å². The van der Waals surface area contributed by atoms with Crippen LogP contribution in [-0.2, 0) is 6.42 Å². The molecule has 94 valence electrons. The average molecular weight is 231 g/mol. The van der Waals surface area contributed by atoms with Crippen LogP contribution < -0.4 is 5.32 Å². The number of rotatable bonds is 4. The Hall–Kier alpha value is -0.820. The second kappa shape index (κ2) is 5.68. The molecular weight excluding hydrogens is 206 g/mol. The Morgan fingerprint density at radius 2 is 1.94 bits per heavy atom. The number of aryl methyl sites for hydroxylation is 1. The monoisotopic (exact) mass is 231 g/mol. The summed E-state index contributed by atoms with van der Waals surface area (Å²) >= 11 is 0. The van der Waals surface area contributed by atoms with Gasteiger partial charge in [-0.3, -0.25) is 0 Å². The van der Waals surface area contributed by atoms with Crippen molar-refractivity contribution in [3.8, 4) is 0 Å². The lowest BCUT2D eigenvalue weighted by Crippen LogP contribution is -2.27. The second-order valence-corrected chi connectivity index (χ2v) is 5.68. The predicted molar refractivity (Wildman–Crippen MR) is 74.4 cm³/mol. The molecule has 1 aliphatic rings. The van der Waals surface area contributed by atoms with Crippen LogP contribution in [0.15, 0.2) is 24.3 Å². The van der Waals surface area contributed by atoms with Crippen LogP contribution >= 0.6 is 0 Å². The molecule has 2 rings (SSSR count). The Balaban J connectivity index is 2.08. The highest BCUT2D eigenvalue weighted by Gasteiger charge is 2.28. The highest BCUT2D eigenvalue weighted by molar-refractivity contribution is 5.27. The lowest BCUT2D eigenvalue weighted by molar-refractivity contribution is 0.434. The number of hydrogen-bond acceptors (Lipinski definition) is 1. The zero-order valence-electron chi connectivity index (χ0n) is 11.4. The summed E-state index contributed by atoms with van der Waals surface area (Å²) in [5.41, 5.74) is 2.97. The summed E-state index contributed by atoms with van der Waals surface area (Å²) < 4.78 is 0. The molecule has 1 heterocycles. The van der Waals surface area contributed by atoms with Crippen molar-refractivity contribution in [1.29, 1.82) is 0 Å². The SMILES string of the molecule is CCc1ccc(C2CCNC2CC(C)C)cc1. The number of hydrogen-bond donors (Lipinski definition) is 1. The van der Waals surface area contributed by atoms with Crippen molar-refractivity contribution >= 4 is 0 Å². The Morgan fingerprint density at radius 1 is 1.24 bits per heavy atom. The van der Waals surface area contributed by atoms with Gasteiger partial charge in [-0.2, -0.15) is 0 Å². The number of nitrogens with one attached hydrogen (secondary N) is 1. The van der Waals surface area contributed by atoms with Crippen LogP contribution in [-0.4, -0.2) is 12.6 Å². The van der Waals surface area contributed by atoms with Gasteiger partial charge < -0.3 is 5.32 Å². The van der Waals surface area contributed by atoms with E-state index in [0.717, 1.165) is 18.3 Å².